The molecule has 21 heavy (non-hydrogen) atoms. The Morgan fingerprint density at radius 1 is 1.24 bits per heavy atom. The Bertz CT molecular complexity index is 576. The number of aryl methyl sites for hydroxylation is 1. The van der Waals surface area contributed by atoms with E-state index in [1.165, 1.54) is 13.0 Å². The number of amides is 1. The lowest BCUT2D eigenvalue weighted by atomic mass is 9.78. The molecule has 1 aromatic carbocycles. The first-order chi connectivity index (χ1) is 9.97. The fourth-order valence-electron chi connectivity index (χ4n) is 3.67. The van der Waals surface area contributed by atoms with Crippen LogP contribution in [0, 0.1) is 30.4 Å². The lowest BCUT2D eigenvalue weighted by Crippen LogP contribution is -2.38. The molecule has 3 atom stereocenters. The minimum atomic E-state index is -0.790. The van der Waals surface area contributed by atoms with Gasteiger partial charge in [-0.25, -0.2) is 8.78 Å². The Labute approximate surface area is 123 Å². The Balaban J connectivity index is 1.82. The highest BCUT2D eigenvalue weighted by atomic mass is 19.1. The van der Waals surface area contributed by atoms with E-state index in [-0.39, 0.29) is 23.1 Å². The Hall–Kier alpha value is -1.49. The summed E-state index contributed by atoms with van der Waals surface area (Å²) in [5, 5.41) is 0. The van der Waals surface area contributed by atoms with Crippen LogP contribution in [0.4, 0.5) is 8.78 Å². The number of rotatable bonds is 1. The first-order valence-electron chi connectivity index (χ1n) is 7.48. The SMILES string of the molecule is Cc1cc(C(=O)N2CC3CCCC(N)C3C2)c(F)cc1F. The molecule has 3 nitrogen and oxygen atoms in total. The highest BCUT2D eigenvalue weighted by molar-refractivity contribution is 5.95. The molecule has 0 bridgehead atoms. The van der Waals surface area contributed by atoms with E-state index in [0.717, 1.165) is 25.3 Å². The van der Waals surface area contributed by atoms with Crippen molar-refractivity contribution in [2.75, 3.05) is 13.1 Å². The normalized spacial score (nSPS) is 28.6. The van der Waals surface area contributed by atoms with E-state index in [0.29, 0.717) is 24.9 Å². The number of halogens is 2. The van der Waals surface area contributed by atoms with Gasteiger partial charge in [-0.3, -0.25) is 4.79 Å². The van der Waals surface area contributed by atoms with Crippen molar-refractivity contribution in [3.05, 3.63) is 34.9 Å². The summed E-state index contributed by atoms with van der Waals surface area (Å²) in [7, 11) is 0. The average Bonchev–Trinajstić information content (AvgIpc) is 2.87. The molecular weight excluding hydrogens is 274 g/mol. The molecule has 0 radical (unpaired) electrons. The van der Waals surface area contributed by atoms with Crippen molar-refractivity contribution in [1.82, 2.24) is 4.90 Å². The third-order valence-electron chi connectivity index (χ3n) is 4.92. The van der Waals surface area contributed by atoms with E-state index in [1.807, 2.05) is 0 Å². The summed E-state index contributed by atoms with van der Waals surface area (Å²) in [6.45, 7) is 2.75. The largest absolute Gasteiger partial charge is 0.338 e. The molecule has 0 aromatic heterocycles. The molecule has 2 N–H and O–H groups in total. The van der Waals surface area contributed by atoms with E-state index >= 15 is 0 Å². The number of likely N-dealkylation sites (tertiary alicyclic amines) is 1. The molecule has 1 aliphatic heterocycles. The van der Waals surface area contributed by atoms with E-state index in [4.69, 9.17) is 5.73 Å². The second kappa shape index (κ2) is 5.37. The van der Waals surface area contributed by atoms with Crippen molar-refractivity contribution < 1.29 is 13.6 Å². The molecule has 1 amide bonds. The van der Waals surface area contributed by atoms with E-state index in [2.05, 4.69) is 0 Å². The van der Waals surface area contributed by atoms with E-state index in [1.54, 1.807) is 4.90 Å². The molecule has 1 aliphatic carbocycles. The number of nitrogens with two attached hydrogens (primary N) is 1. The highest BCUT2D eigenvalue weighted by Crippen LogP contribution is 2.36. The Morgan fingerprint density at radius 2 is 2.00 bits per heavy atom. The smallest absolute Gasteiger partial charge is 0.256 e. The quantitative estimate of drug-likeness (QED) is 0.865. The second-order valence-electron chi connectivity index (χ2n) is 6.31. The fourth-order valence-corrected chi connectivity index (χ4v) is 3.67. The van der Waals surface area contributed by atoms with Gasteiger partial charge in [0.05, 0.1) is 5.56 Å². The molecule has 114 valence electrons. The van der Waals surface area contributed by atoms with Crippen molar-refractivity contribution in [3.63, 3.8) is 0 Å². The summed E-state index contributed by atoms with van der Waals surface area (Å²) in [4.78, 5) is 14.2. The number of nitrogens with zero attached hydrogens (tertiary/aromatic N) is 1. The van der Waals surface area contributed by atoms with Gasteiger partial charge in [0.25, 0.3) is 5.91 Å². The molecule has 1 aromatic rings. The maximum Gasteiger partial charge on any atom is 0.256 e. The van der Waals surface area contributed by atoms with Gasteiger partial charge in [-0.15, -0.1) is 0 Å². The number of fused-ring (bicyclic) bond motifs is 1. The van der Waals surface area contributed by atoms with Crippen molar-refractivity contribution in [2.24, 2.45) is 17.6 Å². The van der Waals surface area contributed by atoms with Crippen LogP contribution in [-0.4, -0.2) is 29.9 Å². The molecular formula is C16H20F2N2O. The van der Waals surface area contributed by atoms with Gasteiger partial charge >= 0.3 is 0 Å². The summed E-state index contributed by atoms with van der Waals surface area (Å²) in [5.41, 5.74) is 6.38. The van der Waals surface area contributed by atoms with E-state index in [9.17, 15) is 13.6 Å². The average molecular weight is 294 g/mol. The zero-order chi connectivity index (χ0) is 15.1. The zero-order valence-corrected chi connectivity index (χ0v) is 12.1. The maximum absolute atomic E-state index is 13.9. The number of carbonyl (C=O) groups excluding carboxylic acids is 1. The van der Waals surface area contributed by atoms with Gasteiger partial charge < -0.3 is 10.6 Å². The molecule has 3 unspecified atom stereocenters. The van der Waals surface area contributed by atoms with Gasteiger partial charge in [0.15, 0.2) is 0 Å². The molecule has 3 rings (SSSR count). The standard InChI is InChI=1S/C16H20F2N2O/c1-9-5-11(14(18)6-13(9)17)16(21)20-7-10-3-2-4-15(19)12(10)8-20/h5-6,10,12,15H,2-4,7-8,19H2,1H3. The van der Waals surface area contributed by atoms with Crippen LogP contribution in [0.25, 0.3) is 0 Å². The third kappa shape index (κ3) is 2.55. The van der Waals surface area contributed by atoms with Gasteiger partial charge in [-0.1, -0.05) is 6.42 Å². The molecule has 0 spiro atoms. The van der Waals surface area contributed by atoms with Crippen molar-refractivity contribution >= 4 is 5.91 Å². The maximum atomic E-state index is 13.9. The van der Waals surface area contributed by atoms with E-state index < -0.39 is 11.6 Å². The minimum Gasteiger partial charge on any atom is -0.338 e. The number of carbonyl (C=O) groups is 1. The zero-order valence-electron chi connectivity index (χ0n) is 12.1. The van der Waals surface area contributed by atoms with Gasteiger partial charge in [-0.2, -0.15) is 0 Å². The summed E-state index contributed by atoms with van der Waals surface area (Å²) in [5.74, 6) is -1.03. The highest BCUT2D eigenvalue weighted by Gasteiger charge is 2.40. The van der Waals surface area contributed by atoms with Gasteiger partial charge in [0.2, 0.25) is 0 Å². The topological polar surface area (TPSA) is 46.3 Å². The van der Waals surface area contributed by atoms with Crippen LogP contribution >= 0.6 is 0 Å². The summed E-state index contributed by atoms with van der Waals surface area (Å²) < 4.78 is 27.2. The monoisotopic (exact) mass is 294 g/mol. The Morgan fingerprint density at radius 3 is 2.71 bits per heavy atom. The van der Waals surface area contributed by atoms with Crippen LogP contribution in [0.2, 0.25) is 0 Å². The molecule has 2 fully saturated rings. The second-order valence-corrected chi connectivity index (χ2v) is 6.31. The molecule has 5 heteroatoms. The minimum absolute atomic E-state index is 0.0406. The van der Waals surface area contributed by atoms with Crippen LogP contribution in [-0.2, 0) is 0 Å². The lowest BCUT2D eigenvalue weighted by molar-refractivity contribution is 0.0778. The van der Waals surface area contributed by atoms with Crippen molar-refractivity contribution in [1.29, 1.82) is 0 Å². The van der Waals surface area contributed by atoms with Gasteiger partial charge in [-0.05, 0) is 43.2 Å². The molecule has 1 heterocycles. The van der Waals surface area contributed by atoms with Crippen molar-refractivity contribution in [3.8, 4) is 0 Å². The van der Waals surface area contributed by atoms with Crippen LogP contribution in [0.5, 0.6) is 0 Å². The molecule has 2 aliphatic rings. The third-order valence-corrected chi connectivity index (χ3v) is 4.92. The summed E-state index contributed by atoms with van der Waals surface area (Å²) >= 11 is 0. The molecule has 1 saturated carbocycles. The van der Waals surface area contributed by atoms with Crippen LogP contribution in [0.3, 0.4) is 0 Å². The predicted molar refractivity (Wildman–Crippen MR) is 75.8 cm³/mol. The van der Waals surface area contributed by atoms with Gasteiger partial charge in [0.1, 0.15) is 11.6 Å². The van der Waals surface area contributed by atoms with Crippen LogP contribution in [0.15, 0.2) is 12.1 Å². The fraction of sp³-hybridized carbons (Fsp3) is 0.562. The summed E-state index contributed by atoms with van der Waals surface area (Å²) in [6, 6.07) is 2.22. The van der Waals surface area contributed by atoms with Gasteiger partial charge in [0, 0.05) is 25.2 Å². The first kappa shape index (κ1) is 14.4. The molecule has 1 saturated heterocycles. The van der Waals surface area contributed by atoms with Crippen LogP contribution in [0.1, 0.15) is 35.2 Å². The predicted octanol–water partition coefficient (Wildman–Crippen LogP) is 2.47. The van der Waals surface area contributed by atoms with Crippen molar-refractivity contribution in [2.45, 2.75) is 32.2 Å². The first-order valence-corrected chi connectivity index (χ1v) is 7.48. The number of hydrogen-bond donors (Lipinski definition) is 1. The Kier molecular flexibility index (Phi) is 3.69. The number of benzene rings is 1. The number of hydrogen-bond acceptors (Lipinski definition) is 2. The summed E-state index contributed by atoms with van der Waals surface area (Å²) in [6.07, 6.45) is 3.16. The van der Waals surface area contributed by atoms with Crippen LogP contribution < -0.4 is 5.73 Å². The lowest BCUT2D eigenvalue weighted by Gasteiger charge is -2.29.